The van der Waals surface area contributed by atoms with Gasteiger partial charge in [-0.15, -0.1) is 6.42 Å². The average Bonchev–Trinajstić information content (AvgIpc) is 3.82. The van der Waals surface area contributed by atoms with Gasteiger partial charge in [-0.05, 0) is 68.8 Å². The van der Waals surface area contributed by atoms with Crippen molar-refractivity contribution in [3.8, 4) is 35.2 Å². The number of phenolic OH excluding ortho intramolecular Hbond substituents is 1. The number of benzene rings is 3. The zero-order valence-electron chi connectivity index (χ0n) is 28.3. The number of carbonyl (C=O) groups is 1. The highest BCUT2D eigenvalue weighted by Crippen LogP contribution is 2.47. The highest BCUT2D eigenvalue weighted by Gasteiger charge is 2.49. The number of aromatic hydroxyl groups is 1. The molecule has 0 saturated carbocycles. The number of alkyl halides is 1. The van der Waals surface area contributed by atoms with E-state index in [0.29, 0.717) is 53.8 Å². The Morgan fingerprint density at radius 3 is 2.67 bits per heavy atom. The van der Waals surface area contributed by atoms with Crippen LogP contribution >= 0.6 is 0 Å². The Labute approximate surface area is 292 Å². The number of amides is 1. The molecule has 0 aliphatic carbocycles. The number of rotatable bonds is 5. The van der Waals surface area contributed by atoms with E-state index in [1.165, 1.54) is 24.3 Å². The molecule has 1 N–H and O–H groups in total. The predicted octanol–water partition coefficient (Wildman–Crippen LogP) is 6.62. The van der Waals surface area contributed by atoms with Crippen molar-refractivity contribution in [3.05, 3.63) is 53.3 Å². The minimum absolute atomic E-state index is 0.0199. The second-order valence-corrected chi connectivity index (χ2v) is 14.6. The summed E-state index contributed by atoms with van der Waals surface area (Å²) in [6, 6.07) is 7.15. The lowest BCUT2D eigenvalue weighted by Crippen LogP contribution is -2.55. The smallest absolute Gasteiger partial charge is 0.319 e. The topological polar surface area (TPSA) is 95.2 Å². The van der Waals surface area contributed by atoms with E-state index in [4.69, 9.17) is 25.5 Å². The molecule has 5 aromatic rings. The maximum atomic E-state index is 17.6. The van der Waals surface area contributed by atoms with E-state index >= 15 is 8.78 Å². The highest BCUT2D eigenvalue weighted by atomic mass is 19.1. The molecule has 12 heteroatoms. The number of nitrogens with zero attached hydrogens (tertiary/aromatic N) is 5. The summed E-state index contributed by atoms with van der Waals surface area (Å²) < 4.78 is 60.0. The van der Waals surface area contributed by atoms with Crippen LogP contribution in [0, 0.1) is 30.9 Å². The third-order valence-corrected chi connectivity index (χ3v) is 11.5. The van der Waals surface area contributed by atoms with Crippen molar-refractivity contribution in [2.24, 2.45) is 0 Å². The summed E-state index contributed by atoms with van der Waals surface area (Å²) >= 11 is 0. The molecule has 4 aliphatic rings. The van der Waals surface area contributed by atoms with Crippen molar-refractivity contribution >= 4 is 44.4 Å². The van der Waals surface area contributed by atoms with Gasteiger partial charge in [-0.25, -0.2) is 13.2 Å². The summed E-state index contributed by atoms with van der Waals surface area (Å²) in [4.78, 5) is 28.4. The van der Waals surface area contributed by atoms with Crippen molar-refractivity contribution in [2.75, 3.05) is 37.7 Å². The number of halogens is 3. The van der Waals surface area contributed by atoms with Crippen LogP contribution in [0.5, 0.6) is 11.8 Å². The third-order valence-electron chi connectivity index (χ3n) is 11.5. The van der Waals surface area contributed by atoms with Gasteiger partial charge in [-0.1, -0.05) is 12.0 Å². The van der Waals surface area contributed by atoms with E-state index in [-0.39, 0.29) is 69.5 Å². The van der Waals surface area contributed by atoms with Crippen LogP contribution in [-0.4, -0.2) is 87.4 Å². The fraction of sp³-hybridized carbons (Fsp3) is 0.410. The molecule has 4 saturated heterocycles. The number of piperazine rings is 1. The molecular formula is C39H36F3N5O4. The van der Waals surface area contributed by atoms with Crippen molar-refractivity contribution < 1.29 is 32.2 Å². The molecule has 4 fully saturated rings. The number of phenols is 1. The number of furan rings is 1. The number of hydrogen-bond acceptors (Lipinski definition) is 8. The van der Waals surface area contributed by atoms with E-state index in [1.807, 2.05) is 4.90 Å². The summed E-state index contributed by atoms with van der Waals surface area (Å²) in [5, 5.41) is 12.4. The summed E-state index contributed by atoms with van der Waals surface area (Å²) in [5.41, 5.74) is -0.343. The van der Waals surface area contributed by atoms with Gasteiger partial charge in [0.1, 0.15) is 47.0 Å². The van der Waals surface area contributed by atoms with Crippen LogP contribution in [0.25, 0.3) is 43.8 Å². The van der Waals surface area contributed by atoms with Gasteiger partial charge >= 0.3 is 6.01 Å². The number of carbonyl (C=O) groups excluding carboxylic acids is 1. The van der Waals surface area contributed by atoms with Gasteiger partial charge in [0.05, 0.1) is 22.1 Å². The van der Waals surface area contributed by atoms with Crippen LogP contribution in [0.15, 0.2) is 34.7 Å². The first-order valence-corrected chi connectivity index (χ1v) is 17.5. The summed E-state index contributed by atoms with van der Waals surface area (Å²) in [6.07, 6.45) is 8.56. The molecule has 2 aromatic heterocycles. The van der Waals surface area contributed by atoms with Gasteiger partial charge in [0.25, 0.3) is 0 Å². The summed E-state index contributed by atoms with van der Waals surface area (Å²) in [7, 11) is 0. The fourth-order valence-corrected chi connectivity index (χ4v) is 9.47. The summed E-state index contributed by atoms with van der Waals surface area (Å²) in [5.74, 6) is 1.75. The fourth-order valence-electron chi connectivity index (χ4n) is 9.47. The zero-order chi connectivity index (χ0) is 35.3. The number of fused-ring (bicyclic) bond motifs is 7. The van der Waals surface area contributed by atoms with Crippen molar-refractivity contribution in [1.82, 2.24) is 19.8 Å². The molecule has 4 aliphatic heterocycles. The van der Waals surface area contributed by atoms with Crippen molar-refractivity contribution in [3.63, 3.8) is 0 Å². The van der Waals surface area contributed by atoms with Gasteiger partial charge in [0.2, 0.25) is 5.91 Å². The molecule has 9 rings (SSSR count). The second kappa shape index (κ2) is 11.5. The first-order chi connectivity index (χ1) is 24.5. The SMILES string of the molecule is C#Cc1c(F)ccc2cc(O)cc(-c3c(F)c4nc(OC[C@@]56CCCN5C[C@H](F)C6)nc(N5C[C@H]6CC[C@@H](C5)N6C(C)=O)c4c4cc(C)oc34)c12. The lowest BCUT2D eigenvalue weighted by Gasteiger charge is -2.41. The Bertz CT molecular complexity index is 2320. The molecule has 0 unspecified atom stereocenters. The Hall–Kier alpha value is -5.02. The van der Waals surface area contributed by atoms with Crippen LogP contribution in [0.4, 0.5) is 19.0 Å². The average molecular weight is 696 g/mol. The Kier molecular flexibility index (Phi) is 7.20. The lowest BCUT2D eigenvalue weighted by molar-refractivity contribution is -0.132. The number of anilines is 1. The molecule has 2 bridgehead atoms. The van der Waals surface area contributed by atoms with Gasteiger partial charge in [-0.2, -0.15) is 9.97 Å². The molecular weight excluding hydrogens is 659 g/mol. The monoisotopic (exact) mass is 695 g/mol. The Balaban J connectivity index is 1.28. The molecule has 6 heterocycles. The van der Waals surface area contributed by atoms with E-state index in [1.54, 1.807) is 19.9 Å². The van der Waals surface area contributed by atoms with Gasteiger partial charge in [-0.3, -0.25) is 9.69 Å². The zero-order valence-corrected chi connectivity index (χ0v) is 28.3. The Morgan fingerprint density at radius 2 is 1.92 bits per heavy atom. The maximum Gasteiger partial charge on any atom is 0.319 e. The minimum Gasteiger partial charge on any atom is -0.508 e. The molecule has 51 heavy (non-hydrogen) atoms. The van der Waals surface area contributed by atoms with Gasteiger partial charge in [0.15, 0.2) is 5.82 Å². The van der Waals surface area contributed by atoms with E-state index < -0.39 is 23.3 Å². The van der Waals surface area contributed by atoms with Crippen LogP contribution < -0.4 is 9.64 Å². The number of terminal acetylenes is 1. The normalized spacial score (nSPS) is 24.6. The minimum atomic E-state index is -0.956. The molecule has 262 valence electrons. The number of ether oxygens (including phenoxy) is 1. The number of aryl methyl sites for hydroxylation is 1. The lowest BCUT2D eigenvalue weighted by atomic mass is 9.91. The molecule has 0 spiro atoms. The molecule has 9 nitrogen and oxygen atoms in total. The first-order valence-electron chi connectivity index (χ1n) is 17.5. The predicted molar refractivity (Wildman–Crippen MR) is 187 cm³/mol. The van der Waals surface area contributed by atoms with E-state index in [9.17, 15) is 14.3 Å². The van der Waals surface area contributed by atoms with Crippen LogP contribution in [-0.2, 0) is 4.79 Å². The molecule has 1 amide bonds. The third kappa shape index (κ3) is 4.84. The first kappa shape index (κ1) is 31.9. The van der Waals surface area contributed by atoms with Crippen LogP contribution in [0.2, 0.25) is 0 Å². The Morgan fingerprint density at radius 1 is 1.14 bits per heavy atom. The largest absolute Gasteiger partial charge is 0.508 e. The second-order valence-electron chi connectivity index (χ2n) is 14.6. The number of hydrogen-bond donors (Lipinski definition) is 1. The molecule has 4 atom stereocenters. The number of aromatic nitrogens is 2. The van der Waals surface area contributed by atoms with Crippen LogP contribution in [0.1, 0.15) is 50.4 Å². The van der Waals surface area contributed by atoms with E-state index in [2.05, 4.69) is 15.7 Å². The quantitative estimate of drug-likeness (QED) is 0.205. The molecule has 0 radical (unpaired) electrons. The highest BCUT2D eigenvalue weighted by molar-refractivity contribution is 6.18. The van der Waals surface area contributed by atoms with Crippen LogP contribution in [0.3, 0.4) is 0 Å². The van der Waals surface area contributed by atoms with Gasteiger partial charge in [0, 0.05) is 61.4 Å². The van der Waals surface area contributed by atoms with Gasteiger partial charge < -0.3 is 24.1 Å². The molecule has 3 aromatic carbocycles. The van der Waals surface area contributed by atoms with E-state index in [0.717, 1.165) is 32.2 Å². The standard InChI is InChI=1S/C39H36F3N5O4/c1-4-27-30(41)9-6-22-13-26(49)14-28(31(22)27)32-34(42)35-33(29-12-20(2)51-36(29)32)37(45-17-24-7-8-25(18-45)47(24)21(3)48)44-38(43-35)50-19-39-10-5-11-46(39)16-23(40)15-39/h1,6,9,12-14,23-25,49H,5,7-8,10-11,15-19H2,2-3H3/t23-,24-,25+,39+/m1/s1. The summed E-state index contributed by atoms with van der Waals surface area (Å²) in [6.45, 7) is 5.57. The maximum absolute atomic E-state index is 17.6. The van der Waals surface area contributed by atoms with Crippen molar-refractivity contribution in [2.45, 2.75) is 69.7 Å². The van der Waals surface area contributed by atoms with Crippen molar-refractivity contribution in [1.29, 1.82) is 0 Å².